The van der Waals surface area contributed by atoms with Crippen molar-refractivity contribution in [2.45, 2.75) is 37.8 Å². The molecule has 0 bridgehead atoms. The fraction of sp³-hybridized carbons (Fsp3) is 0.273. The van der Waals surface area contributed by atoms with Gasteiger partial charge in [0, 0.05) is 34.5 Å². The molecule has 6 nitrogen and oxygen atoms in total. The number of pyridine rings is 1. The fourth-order valence-electron chi connectivity index (χ4n) is 4.02. The van der Waals surface area contributed by atoms with E-state index < -0.39 is 0 Å². The van der Waals surface area contributed by atoms with Crippen molar-refractivity contribution in [3.05, 3.63) is 55.0 Å². The van der Waals surface area contributed by atoms with Gasteiger partial charge in [-0.3, -0.25) is 4.68 Å². The van der Waals surface area contributed by atoms with Gasteiger partial charge in [0.05, 0.1) is 18.3 Å². The molecule has 3 aromatic heterocycles. The molecule has 28 heavy (non-hydrogen) atoms. The molecule has 0 atom stereocenters. The van der Waals surface area contributed by atoms with Gasteiger partial charge in [-0.05, 0) is 31.7 Å². The molecule has 0 saturated heterocycles. The molecular weight excluding hydrogens is 352 g/mol. The zero-order chi connectivity index (χ0) is 19.1. The molecule has 1 saturated carbocycles. The number of anilines is 1. The predicted octanol–water partition coefficient (Wildman–Crippen LogP) is 4.42. The first-order valence-corrected chi connectivity index (χ1v) is 9.65. The molecule has 0 amide bonds. The third kappa shape index (κ3) is 2.96. The topological polar surface area (TPSA) is 90.1 Å². The Bertz CT molecular complexity index is 1110. The number of hydrogen-bond acceptors (Lipinski definition) is 5. The molecule has 0 unspecified atom stereocenters. The van der Waals surface area contributed by atoms with E-state index in [9.17, 15) is 5.11 Å². The summed E-state index contributed by atoms with van der Waals surface area (Å²) in [6.07, 6.45) is 9.09. The van der Waals surface area contributed by atoms with Gasteiger partial charge < -0.3 is 15.3 Å². The second-order valence-electron chi connectivity index (χ2n) is 7.45. The summed E-state index contributed by atoms with van der Waals surface area (Å²) in [7, 11) is 0. The summed E-state index contributed by atoms with van der Waals surface area (Å²) in [6, 6.07) is 12.3. The van der Waals surface area contributed by atoms with E-state index in [1.165, 1.54) is 0 Å². The van der Waals surface area contributed by atoms with Gasteiger partial charge in [0.15, 0.2) is 11.4 Å². The van der Waals surface area contributed by atoms with Crippen LogP contribution in [0.2, 0.25) is 0 Å². The highest BCUT2D eigenvalue weighted by Gasteiger charge is 2.22. The Morgan fingerprint density at radius 2 is 1.82 bits per heavy atom. The maximum absolute atomic E-state index is 9.74. The van der Waals surface area contributed by atoms with Crippen LogP contribution in [-0.2, 0) is 0 Å². The van der Waals surface area contributed by atoms with Crippen molar-refractivity contribution in [3.8, 4) is 22.5 Å². The highest BCUT2D eigenvalue weighted by Crippen LogP contribution is 2.37. The average molecular weight is 374 g/mol. The molecule has 1 aromatic carbocycles. The van der Waals surface area contributed by atoms with E-state index in [1.807, 2.05) is 47.3 Å². The molecule has 3 heterocycles. The normalized spacial score (nSPS) is 19.9. The van der Waals surface area contributed by atoms with Crippen LogP contribution in [0.15, 0.2) is 59.4 Å². The molecular formula is C22H22N4O2. The average Bonchev–Trinajstić information content (AvgIpc) is 3.38. The molecule has 5 rings (SSSR count). The van der Waals surface area contributed by atoms with Gasteiger partial charge in [-0.15, -0.1) is 0 Å². The third-order valence-electron chi connectivity index (χ3n) is 5.60. The smallest absolute Gasteiger partial charge is 0.177 e. The van der Waals surface area contributed by atoms with Crippen molar-refractivity contribution in [2.75, 3.05) is 5.73 Å². The Kier molecular flexibility index (Phi) is 4.13. The second kappa shape index (κ2) is 6.80. The zero-order valence-electron chi connectivity index (χ0n) is 15.5. The zero-order valence-corrected chi connectivity index (χ0v) is 15.5. The first kappa shape index (κ1) is 17.0. The van der Waals surface area contributed by atoms with Crippen molar-refractivity contribution in [1.82, 2.24) is 14.8 Å². The number of benzene rings is 1. The Labute approximate surface area is 162 Å². The first-order valence-electron chi connectivity index (χ1n) is 9.65. The van der Waals surface area contributed by atoms with Crippen LogP contribution >= 0.6 is 0 Å². The summed E-state index contributed by atoms with van der Waals surface area (Å²) in [5, 5.41) is 15.3. The number of nitrogen functional groups attached to an aromatic ring is 1. The van der Waals surface area contributed by atoms with Crippen molar-refractivity contribution in [3.63, 3.8) is 0 Å². The number of fused-ring (bicyclic) bond motifs is 1. The standard InChI is InChI=1S/C22H22N4O2/c23-22-21-18(10-20(28-21)14-4-2-1-3-5-14)19(12-24-22)15-11-25-26(13-15)16-6-8-17(27)9-7-16/h1-5,10-13,16-17,27H,6-9H2,(H2,23,24). The van der Waals surface area contributed by atoms with Gasteiger partial charge in [0.25, 0.3) is 0 Å². The molecule has 3 N–H and O–H groups in total. The lowest BCUT2D eigenvalue weighted by atomic mass is 9.93. The molecule has 0 aliphatic heterocycles. The van der Waals surface area contributed by atoms with Gasteiger partial charge in [-0.2, -0.15) is 5.10 Å². The van der Waals surface area contributed by atoms with Gasteiger partial charge >= 0.3 is 0 Å². The van der Waals surface area contributed by atoms with Crippen molar-refractivity contribution >= 4 is 16.8 Å². The molecule has 1 aliphatic rings. The summed E-state index contributed by atoms with van der Waals surface area (Å²) in [6.45, 7) is 0. The summed E-state index contributed by atoms with van der Waals surface area (Å²) in [5.74, 6) is 1.15. The lowest BCUT2D eigenvalue weighted by Gasteiger charge is -2.25. The highest BCUT2D eigenvalue weighted by molar-refractivity contribution is 6.00. The molecule has 1 aliphatic carbocycles. The Balaban J connectivity index is 1.54. The lowest BCUT2D eigenvalue weighted by molar-refractivity contribution is 0.108. The van der Waals surface area contributed by atoms with Gasteiger partial charge in [0.1, 0.15) is 5.76 Å². The first-order chi connectivity index (χ1) is 13.7. The summed E-state index contributed by atoms with van der Waals surface area (Å²) >= 11 is 0. The Morgan fingerprint density at radius 3 is 2.61 bits per heavy atom. The molecule has 142 valence electrons. The quantitative estimate of drug-likeness (QED) is 0.554. The number of hydrogen-bond donors (Lipinski definition) is 2. The minimum atomic E-state index is -0.172. The van der Waals surface area contributed by atoms with Crippen LogP contribution in [0.5, 0.6) is 0 Å². The van der Waals surface area contributed by atoms with Crippen LogP contribution in [0.4, 0.5) is 5.82 Å². The fourth-order valence-corrected chi connectivity index (χ4v) is 4.02. The molecule has 1 fully saturated rings. The monoisotopic (exact) mass is 374 g/mol. The van der Waals surface area contributed by atoms with Crippen LogP contribution in [-0.4, -0.2) is 26.0 Å². The second-order valence-corrected chi connectivity index (χ2v) is 7.45. The number of nitrogens with two attached hydrogens (primary N) is 1. The Hall–Kier alpha value is -3.12. The highest BCUT2D eigenvalue weighted by atomic mass is 16.3. The number of aliphatic hydroxyl groups excluding tert-OH is 1. The summed E-state index contributed by atoms with van der Waals surface area (Å²) in [4.78, 5) is 4.34. The molecule has 0 spiro atoms. The molecule has 4 aromatic rings. The third-order valence-corrected chi connectivity index (χ3v) is 5.60. The van der Waals surface area contributed by atoms with Crippen molar-refractivity contribution in [1.29, 1.82) is 0 Å². The van der Waals surface area contributed by atoms with Crippen molar-refractivity contribution < 1.29 is 9.52 Å². The largest absolute Gasteiger partial charge is 0.452 e. The van der Waals surface area contributed by atoms with E-state index in [2.05, 4.69) is 16.3 Å². The summed E-state index contributed by atoms with van der Waals surface area (Å²) in [5.41, 5.74) is 9.63. The molecule has 6 heteroatoms. The summed E-state index contributed by atoms with van der Waals surface area (Å²) < 4.78 is 8.05. The lowest BCUT2D eigenvalue weighted by Crippen LogP contribution is -2.21. The Morgan fingerprint density at radius 1 is 1.04 bits per heavy atom. The van der Waals surface area contributed by atoms with E-state index in [0.717, 1.165) is 53.5 Å². The number of nitrogens with zero attached hydrogens (tertiary/aromatic N) is 3. The number of aliphatic hydroxyl groups is 1. The SMILES string of the molecule is Nc1ncc(-c2cnn(C3CCC(O)CC3)c2)c2cc(-c3ccccc3)oc12. The van der Waals surface area contributed by atoms with E-state index >= 15 is 0 Å². The maximum atomic E-state index is 9.74. The van der Waals surface area contributed by atoms with Crippen molar-refractivity contribution in [2.24, 2.45) is 0 Å². The van der Waals surface area contributed by atoms with Gasteiger partial charge in [-0.1, -0.05) is 30.3 Å². The van der Waals surface area contributed by atoms with Gasteiger partial charge in [0.2, 0.25) is 0 Å². The van der Waals surface area contributed by atoms with E-state index in [1.54, 1.807) is 6.20 Å². The number of aromatic nitrogens is 3. The van der Waals surface area contributed by atoms with Crippen LogP contribution in [0.25, 0.3) is 33.4 Å². The number of furan rings is 1. The minimum Gasteiger partial charge on any atom is -0.452 e. The van der Waals surface area contributed by atoms with Crippen LogP contribution in [0.3, 0.4) is 0 Å². The van der Waals surface area contributed by atoms with Crippen LogP contribution in [0.1, 0.15) is 31.7 Å². The number of rotatable bonds is 3. The van der Waals surface area contributed by atoms with Gasteiger partial charge in [-0.25, -0.2) is 4.98 Å². The van der Waals surface area contributed by atoms with E-state index in [0.29, 0.717) is 17.4 Å². The predicted molar refractivity (Wildman–Crippen MR) is 109 cm³/mol. The van der Waals surface area contributed by atoms with Crippen LogP contribution < -0.4 is 5.73 Å². The van der Waals surface area contributed by atoms with E-state index in [-0.39, 0.29) is 6.10 Å². The minimum absolute atomic E-state index is 0.172. The maximum Gasteiger partial charge on any atom is 0.177 e. The molecule has 0 radical (unpaired) electrons. The van der Waals surface area contributed by atoms with Crippen LogP contribution in [0, 0.1) is 0 Å². The van der Waals surface area contributed by atoms with E-state index in [4.69, 9.17) is 10.2 Å².